The fourth-order valence-electron chi connectivity index (χ4n) is 1.80. The SMILES string of the molecule is CCNCc1cccc(OC)c1OC(C)C(=O)NCC. The van der Waals surface area contributed by atoms with Gasteiger partial charge in [0.15, 0.2) is 17.6 Å². The van der Waals surface area contributed by atoms with Crippen molar-refractivity contribution in [3.63, 3.8) is 0 Å². The number of rotatable bonds is 8. The van der Waals surface area contributed by atoms with Crippen LogP contribution in [0.3, 0.4) is 0 Å². The fraction of sp³-hybridized carbons (Fsp3) is 0.533. The predicted octanol–water partition coefficient (Wildman–Crippen LogP) is 1.71. The van der Waals surface area contributed by atoms with Crippen LogP contribution in [0.5, 0.6) is 11.5 Å². The van der Waals surface area contributed by atoms with E-state index in [1.54, 1.807) is 14.0 Å². The Bertz CT molecular complexity index is 435. The van der Waals surface area contributed by atoms with Gasteiger partial charge in [-0.1, -0.05) is 19.1 Å². The van der Waals surface area contributed by atoms with Crippen molar-refractivity contribution in [1.82, 2.24) is 10.6 Å². The first-order chi connectivity index (χ1) is 9.63. The highest BCUT2D eigenvalue weighted by atomic mass is 16.5. The number of likely N-dealkylation sites (N-methyl/N-ethyl adjacent to an activating group) is 1. The van der Waals surface area contributed by atoms with Gasteiger partial charge in [0.25, 0.3) is 5.91 Å². The predicted molar refractivity (Wildman–Crippen MR) is 79.1 cm³/mol. The highest BCUT2D eigenvalue weighted by Gasteiger charge is 2.18. The minimum absolute atomic E-state index is 0.132. The van der Waals surface area contributed by atoms with Crippen molar-refractivity contribution in [2.45, 2.75) is 33.4 Å². The molecule has 1 aromatic carbocycles. The molecule has 0 aliphatic rings. The molecule has 0 aliphatic heterocycles. The molecule has 0 radical (unpaired) electrons. The van der Waals surface area contributed by atoms with Gasteiger partial charge in [-0.05, 0) is 26.5 Å². The summed E-state index contributed by atoms with van der Waals surface area (Å²) in [7, 11) is 1.59. The molecule has 0 aromatic heterocycles. The Morgan fingerprint density at radius 1 is 1.30 bits per heavy atom. The Hall–Kier alpha value is -1.75. The minimum Gasteiger partial charge on any atom is -0.493 e. The van der Waals surface area contributed by atoms with E-state index in [-0.39, 0.29) is 5.91 Å². The van der Waals surface area contributed by atoms with Gasteiger partial charge in [-0.25, -0.2) is 0 Å². The molecule has 0 spiro atoms. The molecular formula is C15H24N2O3. The smallest absolute Gasteiger partial charge is 0.260 e. The summed E-state index contributed by atoms with van der Waals surface area (Å²) >= 11 is 0. The summed E-state index contributed by atoms with van der Waals surface area (Å²) in [5.74, 6) is 1.12. The number of para-hydroxylation sites is 1. The molecule has 1 rings (SSSR count). The highest BCUT2D eigenvalue weighted by molar-refractivity contribution is 5.80. The quantitative estimate of drug-likeness (QED) is 0.761. The normalized spacial score (nSPS) is 11.8. The van der Waals surface area contributed by atoms with Crippen LogP contribution in [0.25, 0.3) is 0 Å². The molecule has 1 amide bonds. The van der Waals surface area contributed by atoms with E-state index < -0.39 is 6.10 Å². The van der Waals surface area contributed by atoms with Gasteiger partial charge < -0.3 is 20.1 Å². The van der Waals surface area contributed by atoms with Gasteiger partial charge in [0.05, 0.1) is 7.11 Å². The van der Waals surface area contributed by atoms with Crippen molar-refractivity contribution in [3.8, 4) is 11.5 Å². The van der Waals surface area contributed by atoms with Gasteiger partial charge in [-0.15, -0.1) is 0 Å². The van der Waals surface area contributed by atoms with Crippen LogP contribution in [0.4, 0.5) is 0 Å². The van der Waals surface area contributed by atoms with E-state index in [9.17, 15) is 4.79 Å². The van der Waals surface area contributed by atoms with Gasteiger partial charge in [0, 0.05) is 18.7 Å². The summed E-state index contributed by atoms with van der Waals surface area (Å²) in [5, 5.41) is 5.99. The first kappa shape index (κ1) is 16.3. The molecule has 0 bridgehead atoms. The molecule has 0 saturated carbocycles. The lowest BCUT2D eigenvalue weighted by Gasteiger charge is -2.19. The second kappa shape index (κ2) is 8.43. The van der Waals surface area contributed by atoms with Crippen molar-refractivity contribution in [2.24, 2.45) is 0 Å². The third-order valence-electron chi connectivity index (χ3n) is 2.86. The molecule has 5 nitrogen and oxygen atoms in total. The van der Waals surface area contributed by atoms with Crippen LogP contribution in [-0.4, -0.2) is 32.2 Å². The lowest BCUT2D eigenvalue weighted by atomic mass is 10.1. The molecule has 0 saturated heterocycles. The molecule has 20 heavy (non-hydrogen) atoms. The summed E-state index contributed by atoms with van der Waals surface area (Å²) < 4.78 is 11.1. The van der Waals surface area contributed by atoms with E-state index in [0.717, 1.165) is 12.1 Å². The van der Waals surface area contributed by atoms with E-state index in [1.807, 2.05) is 32.0 Å². The topological polar surface area (TPSA) is 59.6 Å². The van der Waals surface area contributed by atoms with Crippen LogP contribution in [0.2, 0.25) is 0 Å². The average Bonchev–Trinajstić information content (AvgIpc) is 2.46. The van der Waals surface area contributed by atoms with Crippen molar-refractivity contribution in [1.29, 1.82) is 0 Å². The number of hydrogen-bond acceptors (Lipinski definition) is 4. The van der Waals surface area contributed by atoms with Crippen LogP contribution < -0.4 is 20.1 Å². The summed E-state index contributed by atoms with van der Waals surface area (Å²) in [4.78, 5) is 11.8. The van der Waals surface area contributed by atoms with Crippen molar-refractivity contribution >= 4 is 5.91 Å². The van der Waals surface area contributed by atoms with Crippen LogP contribution in [0.1, 0.15) is 26.3 Å². The number of hydrogen-bond donors (Lipinski definition) is 2. The first-order valence-corrected chi connectivity index (χ1v) is 6.94. The van der Waals surface area contributed by atoms with Crippen molar-refractivity contribution in [2.75, 3.05) is 20.2 Å². The minimum atomic E-state index is -0.563. The zero-order chi connectivity index (χ0) is 15.0. The summed E-state index contributed by atoms with van der Waals surface area (Å²) in [6.07, 6.45) is -0.563. The largest absolute Gasteiger partial charge is 0.493 e. The molecule has 5 heteroatoms. The summed E-state index contributed by atoms with van der Waals surface area (Å²) in [6, 6.07) is 5.70. The molecule has 2 N–H and O–H groups in total. The number of benzene rings is 1. The maximum absolute atomic E-state index is 11.8. The van der Waals surface area contributed by atoms with Crippen LogP contribution in [0, 0.1) is 0 Å². The molecule has 1 atom stereocenters. The molecule has 1 unspecified atom stereocenters. The van der Waals surface area contributed by atoms with E-state index in [2.05, 4.69) is 10.6 Å². The third-order valence-corrected chi connectivity index (χ3v) is 2.86. The maximum atomic E-state index is 11.8. The lowest BCUT2D eigenvalue weighted by molar-refractivity contribution is -0.127. The van der Waals surface area contributed by atoms with Gasteiger partial charge in [-0.3, -0.25) is 4.79 Å². The van der Waals surface area contributed by atoms with Crippen LogP contribution >= 0.6 is 0 Å². The molecule has 1 aromatic rings. The number of carbonyl (C=O) groups excluding carboxylic acids is 1. The van der Waals surface area contributed by atoms with E-state index in [0.29, 0.717) is 24.6 Å². The fourth-order valence-corrected chi connectivity index (χ4v) is 1.80. The van der Waals surface area contributed by atoms with Crippen LogP contribution in [-0.2, 0) is 11.3 Å². The summed E-state index contributed by atoms with van der Waals surface area (Å²) in [6.45, 7) is 7.77. The number of nitrogens with one attached hydrogen (secondary N) is 2. The van der Waals surface area contributed by atoms with Gasteiger partial charge in [0.2, 0.25) is 0 Å². The van der Waals surface area contributed by atoms with Gasteiger partial charge >= 0.3 is 0 Å². The molecule has 0 heterocycles. The Kier molecular flexibility index (Phi) is 6.87. The Labute approximate surface area is 120 Å². The summed E-state index contributed by atoms with van der Waals surface area (Å²) in [5.41, 5.74) is 0.974. The highest BCUT2D eigenvalue weighted by Crippen LogP contribution is 2.31. The van der Waals surface area contributed by atoms with E-state index >= 15 is 0 Å². The standard InChI is InChI=1S/C15H24N2O3/c1-5-16-10-12-8-7-9-13(19-4)14(12)20-11(3)15(18)17-6-2/h7-9,11,16H,5-6,10H2,1-4H3,(H,17,18). The number of methoxy groups -OCH3 is 1. The number of ether oxygens (including phenoxy) is 2. The Balaban J connectivity index is 2.92. The zero-order valence-electron chi connectivity index (χ0n) is 12.7. The van der Waals surface area contributed by atoms with Crippen molar-refractivity contribution in [3.05, 3.63) is 23.8 Å². The van der Waals surface area contributed by atoms with Crippen molar-refractivity contribution < 1.29 is 14.3 Å². The monoisotopic (exact) mass is 280 g/mol. The van der Waals surface area contributed by atoms with E-state index in [4.69, 9.17) is 9.47 Å². The third kappa shape index (κ3) is 4.42. The molecular weight excluding hydrogens is 256 g/mol. The number of carbonyl (C=O) groups is 1. The maximum Gasteiger partial charge on any atom is 0.260 e. The molecule has 0 aliphatic carbocycles. The average molecular weight is 280 g/mol. The Morgan fingerprint density at radius 2 is 2.05 bits per heavy atom. The first-order valence-electron chi connectivity index (χ1n) is 6.94. The van der Waals surface area contributed by atoms with Gasteiger partial charge in [-0.2, -0.15) is 0 Å². The van der Waals surface area contributed by atoms with E-state index in [1.165, 1.54) is 0 Å². The lowest BCUT2D eigenvalue weighted by Crippen LogP contribution is -2.36. The zero-order valence-corrected chi connectivity index (χ0v) is 12.7. The van der Waals surface area contributed by atoms with Crippen LogP contribution in [0.15, 0.2) is 18.2 Å². The van der Waals surface area contributed by atoms with Gasteiger partial charge in [0.1, 0.15) is 0 Å². The second-order valence-corrected chi connectivity index (χ2v) is 4.38. The number of amides is 1. The second-order valence-electron chi connectivity index (χ2n) is 4.38. The molecule has 0 fully saturated rings. The molecule has 112 valence electrons. The Morgan fingerprint density at radius 3 is 2.65 bits per heavy atom.